The molecule has 0 fully saturated rings. The number of fused-ring (bicyclic) bond motifs is 1. The van der Waals surface area contributed by atoms with E-state index in [9.17, 15) is 16.8 Å². The molecule has 0 saturated heterocycles. The summed E-state index contributed by atoms with van der Waals surface area (Å²) in [5, 5.41) is 1.19. The van der Waals surface area contributed by atoms with Crippen LogP contribution < -0.4 is 0 Å². The zero-order valence-electron chi connectivity index (χ0n) is 12.1. The zero-order valence-corrected chi connectivity index (χ0v) is 13.8. The number of benzene rings is 2. The molecule has 0 N–H and O–H groups in total. The van der Waals surface area contributed by atoms with Crippen molar-refractivity contribution in [3.05, 3.63) is 36.4 Å². The summed E-state index contributed by atoms with van der Waals surface area (Å²) >= 11 is 0. The molecule has 0 bridgehead atoms. The Morgan fingerprint density at radius 1 is 0.727 bits per heavy atom. The van der Waals surface area contributed by atoms with Gasteiger partial charge < -0.3 is 0 Å². The van der Waals surface area contributed by atoms with Crippen molar-refractivity contribution >= 4 is 31.0 Å². The van der Waals surface area contributed by atoms with Crippen LogP contribution in [0.3, 0.4) is 0 Å². The maximum Gasteiger partial charge on any atom is 0.296 e. The first-order chi connectivity index (χ1) is 10.3. The fourth-order valence-corrected chi connectivity index (χ4v) is 3.86. The Morgan fingerprint density at radius 3 is 1.41 bits per heavy atom. The molecule has 0 saturated carbocycles. The lowest BCUT2D eigenvalue weighted by Crippen LogP contribution is -2.06. The molecule has 2 aromatic carbocycles. The van der Waals surface area contributed by atoms with Crippen LogP contribution in [0.2, 0.25) is 0 Å². The fraction of sp³-hybridized carbons (Fsp3) is 0.286. The van der Waals surface area contributed by atoms with Gasteiger partial charge in [-0.3, -0.25) is 8.37 Å². The quantitative estimate of drug-likeness (QED) is 0.747. The van der Waals surface area contributed by atoms with Crippen molar-refractivity contribution in [1.82, 2.24) is 0 Å². The highest BCUT2D eigenvalue weighted by Crippen LogP contribution is 2.24. The van der Waals surface area contributed by atoms with Gasteiger partial charge in [-0.25, -0.2) is 0 Å². The SMILES string of the molecule is CCOS(=O)(=O)c1ccc2cc(S(=O)(=O)OCC)ccc2c1. The maximum atomic E-state index is 11.8. The third kappa shape index (κ3) is 3.46. The zero-order chi connectivity index (χ0) is 16.4. The van der Waals surface area contributed by atoms with Crippen LogP contribution in [0.4, 0.5) is 0 Å². The monoisotopic (exact) mass is 344 g/mol. The normalized spacial score (nSPS) is 12.6. The van der Waals surface area contributed by atoms with Gasteiger partial charge in [0.05, 0.1) is 23.0 Å². The Kier molecular flexibility index (Phi) is 4.86. The van der Waals surface area contributed by atoms with E-state index in [1.807, 2.05) is 0 Å². The lowest BCUT2D eigenvalue weighted by atomic mass is 10.1. The molecule has 0 aliphatic heterocycles. The lowest BCUT2D eigenvalue weighted by Gasteiger charge is -2.07. The van der Waals surface area contributed by atoms with Crippen LogP contribution in [-0.4, -0.2) is 30.0 Å². The molecule has 0 aliphatic rings. The second-order valence-corrected chi connectivity index (χ2v) is 7.62. The molecule has 8 heteroatoms. The van der Waals surface area contributed by atoms with E-state index in [0.717, 1.165) is 0 Å². The van der Waals surface area contributed by atoms with Gasteiger partial charge in [0.25, 0.3) is 20.2 Å². The predicted octanol–water partition coefficient (Wildman–Crippen LogP) is 2.29. The second kappa shape index (κ2) is 6.33. The van der Waals surface area contributed by atoms with Crippen molar-refractivity contribution in [3.63, 3.8) is 0 Å². The lowest BCUT2D eigenvalue weighted by molar-refractivity contribution is 0.337. The summed E-state index contributed by atoms with van der Waals surface area (Å²) in [7, 11) is -7.58. The van der Waals surface area contributed by atoms with Gasteiger partial charge in [0.15, 0.2) is 0 Å². The second-order valence-electron chi connectivity index (χ2n) is 4.39. The Bertz CT molecular complexity index is 809. The third-order valence-electron chi connectivity index (χ3n) is 2.91. The van der Waals surface area contributed by atoms with Crippen molar-refractivity contribution in [1.29, 1.82) is 0 Å². The molecular weight excluding hydrogens is 328 g/mol. The predicted molar refractivity (Wildman–Crippen MR) is 81.6 cm³/mol. The van der Waals surface area contributed by atoms with E-state index in [0.29, 0.717) is 10.8 Å². The van der Waals surface area contributed by atoms with Gasteiger partial charge in [0.2, 0.25) is 0 Å². The number of hydrogen-bond donors (Lipinski definition) is 0. The van der Waals surface area contributed by atoms with Gasteiger partial charge in [-0.1, -0.05) is 12.1 Å². The first-order valence-electron chi connectivity index (χ1n) is 6.63. The summed E-state index contributed by atoms with van der Waals surface area (Å²) in [5.41, 5.74) is 0. The van der Waals surface area contributed by atoms with Crippen molar-refractivity contribution in [2.45, 2.75) is 23.6 Å². The highest BCUT2D eigenvalue weighted by atomic mass is 32.2. The molecule has 2 aromatic rings. The van der Waals surface area contributed by atoms with Crippen LogP contribution in [-0.2, 0) is 28.6 Å². The van der Waals surface area contributed by atoms with Crippen LogP contribution in [0.25, 0.3) is 10.8 Å². The van der Waals surface area contributed by atoms with E-state index in [2.05, 4.69) is 0 Å². The molecule has 2 rings (SSSR count). The Labute approximate surface area is 129 Å². The molecule has 0 spiro atoms. The summed E-state index contributed by atoms with van der Waals surface area (Å²) < 4.78 is 56.9. The average Bonchev–Trinajstić information content (AvgIpc) is 2.46. The summed E-state index contributed by atoms with van der Waals surface area (Å²) in [6, 6.07) is 8.71. The largest absolute Gasteiger partial charge is 0.296 e. The molecule has 22 heavy (non-hydrogen) atoms. The summed E-state index contributed by atoms with van der Waals surface area (Å²) in [6.07, 6.45) is 0. The molecule has 120 valence electrons. The first-order valence-corrected chi connectivity index (χ1v) is 9.44. The average molecular weight is 344 g/mol. The van der Waals surface area contributed by atoms with Gasteiger partial charge in [0, 0.05) is 0 Å². The minimum atomic E-state index is -3.79. The van der Waals surface area contributed by atoms with Crippen LogP contribution in [0.1, 0.15) is 13.8 Å². The van der Waals surface area contributed by atoms with Gasteiger partial charge >= 0.3 is 0 Å². The Balaban J connectivity index is 2.50. The van der Waals surface area contributed by atoms with E-state index in [1.54, 1.807) is 13.8 Å². The summed E-state index contributed by atoms with van der Waals surface area (Å²) in [5.74, 6) is 0. The number of rotatable bonds is 6. The van der Waals surface area contributed by atoms with Crippen LogP contribution in [0.5, 0.6) is 0 Å². The van der Waals surface area contributed by atoms with E-state index in [1.165, 1.54) is 36.4 Å². The van der Waals surface area contributed by atoms with Gasteiger partial charge in [0.1, 0.15) is 0 Å². The van der Waals surface area contributed by atoms with E-state index >= 15 is 0 Å². The molecule has 6 nitrogen and oxygen atoms in total. The Morgan fingerprint density at radius 2 is 1.09 bits per heavy atom. The first kappa shape index (κ1) is 16.9. The standard InChI is InChI=1S/C14H16O6S2/c1-3-19-21(15,16)13-7-5-12-10-14(8-6-11(12)9-13)22(17,18)20-4-2/h5-10H,3-4H2,1-2H3. The van der Waals surface area contributed by atoms with Crippen molar-refractivity contribution < 1.29 is 25.2 Å². The van der Waals surface area contributed by atoms with Crippen molar-refractivity contribution in [2.24, 2.45) is 0 Å². The molecule has 0 aliphatic carbocycles. The number of hydrogen-bond acceptors (Lipinski definition) is 6. The maximum absolute atomic E-state index is 11.8. The topological polar surface area (TPSA) is 86.7 Å². The van der Waals surface area contributed by atoms with Crippen molar-refractivity contribution in [3.8, 4) is 0 Å². The minimum absolute atomic E-state index is 0.0299. The Hall–Kier alpha value is -1.48. The van der Waals surface area contributed by atoms with Gasteiger partial charge in [-0.15, -0.1) is 0 Å². The highest BCUT2D eigenvalue weighted by molar-refractivity contribution is 7.87. The van der Waals surface area contributed by atoms with Gasteiger partial charge in [-0.2, -0.15) is 16.8 Å². The van der Waals surface area contributed by atoms with E-state index in [4.69, 9.17) is 8.37 Å². The molecule has 0 heterocycles. The van der Waals surface area contributed by atoms with E-state index in [-0.39, 0.29) is 23.0 Å². The molecule has 0 unspecified atom stereocenters. The molecule has 0 amide bonds. The summed E-state index contributed by atoms with van der Waals surface area (Å²) in [6.45, 7) is 3.27. The minimum Gasteiger partial charge on any atom is -0.267 e. The highest BCUT2D eigenvalue weighted by Gasteiger charge is 2.17. The van der Waals surface area contributed by atoms with Gasteiger partial charge in [-0.05, 0) is 48.9 Å². The van der Waals surface area contributed by atoms with Crippen LogP contribution >= 0.6 is 0 Å². The molecule has 0 radical (unpaired) electrons. The summed E-state index contributed by atoms with van der Waals surface area (Å²) in [4.78, 5) is 0.0598. The smallest absolute Gasteiger partial charge is 0.267 e. The third-order valence-corrected chi connectivity index (χ3v) is 5.66. The van der Waals surface area contributed by atoms with E-state index < -0.39 is 20.2 Å². The van der Waals surface area contributed by atoms with Crippen LogP contribution in [0.15, 0.2) is 46.2 Å². The molecule has 0 atom stereocenters. The van der Waals surface area contributed by atoms with Crippen molar-refractivity contribution in [2.75, 3.05) is 13.2 Å². The molecule has 0 aromatic heterocycles. The van der Waals surface area contributed by atoms with Crippen LogP contribution in [0, 0.1) is 0 Å². The molecular formula is C14H16O6S2. The fourth-order valence-electron chi connectivity index (χ4n) is 1.96.